The zero-order valence-corrected chi connectivity index (χ0v) is 10.0. The van der Waals surface area contributed by atoms with Crippen molar-refractivity contribution in [3.63, 3.8) is 0 Å². The number of carbonyl (C=O) groups excluding carboxylic acids is 2. The number of rotatable bonds is 0. The number of hydrogen-bond acceptors (Lipinski definition) is 3. The van der Waals surface area contributed by atoms with Gasteiger partial charge in [-0.15, -0.1) is 0 Å². The summed E-state index contributed by atoms with van der Waals surface area (Å²) in [7, 11) is 1.55. The fourth-order valence-corrected chi connectivity index (χ4v) is 2.82. The minimum absolute atomic E-state index is 0.114. The second-order valence-corrected chi connectivity index (χ2v) is 4.95. The summed E-state index contributed by atoms with van der Waals surface area (Å²) in [6, 6.07) is 7.34. The van der Waals surface area contributed by atoms with E-state index in [9.17, 15) is 14.7 Å². The van der Waals surface area contributed by atoms with Crippen LogP contribution in [0.4, 0.5) is 5.69 Å². The third-order valence-corrected chi connectivity index (χ3v) is 3.95. The molecule has 2 N–H and O–H groups in total. The molecule has 5 nitrogen and oxygen atoms in total. The number of piperidine rings is 1. The molecule has 0 aliphatic carbocycles. The van der Waals surface area contributed by atoms with Crippen molar-refractivity contribution in [3.8, 4) is 0 Å². The quantitative estimate of drug-likeness (QED) is 0.698. The highest BCUT2D eigenvalue weighted by atomic mass is 16.3. The van der Waals surface area contributed by atoms with E-state index >= 15 is 0 Å². The molecule has 0 bridgehead atoms. The Morgan fingerprint density at radius 3 is 2.83 bits per heavy atom. The summed E-state index contributed by atoms with van der Waals surface area (Å²) in [6.07, 6.45) is -0.551. The maximum Gasteiger partial charge on any atom is 0.235 e. The first-order valence-corrected chi connectivity index (χ1v) is 5.89. The van der Waals surface area contributed by atoms with Gasteiger partial charge in [0.15, 0.2) is 0 Å². The third kappa shape index (κ3) is 1.31. The third-order valence-electron chi connectivity index (χ3n) is 3.95. The van der Waals surface area contributed by atoms with Gasteiger partial charge < -0.3 is 15.3 Å². The van der Waals surface area contributed by atoms with Gasteiger partial charge in [0.1, 0.15) is 6.23 Å². The molecule has 5 heteroatoms. The molecule has 2 atom stereocenters. The zero-order chi connectivity index (χ0) is 12.9. The van der Waals surface area contributed by atoms with Crippen LogP contribution in [0.2, 0.25) is 0 Å². The summed E-state index contributed by atoms with van der Waals surface area (Å²) in [5.74, 6) is -0.398. The standard InChI is InChI=1S/C13H14N2O3/c1-15-10(16)6-13(7-11(15)17)8-4-2-3-5-9(8)14-12(13)18/h2-5,10,16H,6-7H2,1H3,(H,14,18)/t10?,13-/m0/s1. The lowest BCUT2D eigenvalue weighted by molar-refractivity contribution is -0.152. The van der Waals surface area contributed by atoms with Gasteiger partial charge in [-0.05, 0) is 11.6 Å². The SMILES string of the molecule is CN1C(=O)C[C@]2(CC1O)C(=O)Nc1ccccc12. The van der Waals surface area contributed by atoms with Gasteiger partial charge in [-0.1, -0.05) is 18.2 Å². The van der Waals surface area contributed by atoms with Crippen molar-refractivity contribution in [3.05, 3.63) is 29.8 Å². The number of hydrogen-bond donors (Lipinski definition) is 2. The molecule has 1 unspecified atom stereocenters. The van der Waals surface area contributed by atoms with Crippen molar-refractivity contribution in [2.75, 3.05) is 12.4 Å². The second kappa shape index (κ2) is 3.55. The molecule has 0 radical (unpaired) electrons. The van der Waals surface area contributed by atoms with Crippen LogP contribution in [-0.4, -0.2) is 35.1 Å². The van der Waals surface area contributed by atoms with E-state index in [2.05, 4.69) is 5.32 Å². The molecular weight excluding hydrogens is 232 g/mol. The number of fused-ring (bicyclic) bond motifs is 2. The van der Waals surface area contributed by atoms with Crippen molar-refractivity contribution in [2.45, 2.75) is 24.5 Å². The summed E-state index contributed by atoms with van der Waals surface area (Å²) < 4.78 is 0. The normalized spacial score (nSPS) is 30.6. The highest BCUT2D eigenvalue weighted by Crippen LogP contribution is 2.46. The summed E-state index contributed by atoms with van der Waals surface area (Å²) in [5.41, 5.74) is 0.655. The van der Waals surface area contributed by atoms with Crippen molar-refractivity contribution in [1.29, 1.82) is 0 Å². The molecule has 2 aliphatic heterocycles. The average Bonchev–Trinajstić information content (AvgIpc) is 2.60. The number of benzene rings is 1. The van der Waals surface area contributed by atoms with Gasteiger partial charge in [0, 0.05) is 25.6 Å². The van der Waals surface area contributed by atoms with E-state index in [1.165, 1.54) is 4.90 Å². The van der Waals surface area contributed by atoms with Gasteiger partial charge in [-0.25, -0.2) is 0 Å². The first-order valence-electron chi connectivity index (χ1n) is 5.89. The van der Waals surface area contributed by atoms with Crippen molar-refractivity contribution in [2.24, 2.45) is 0 Å². The first kappa shape index (κ1) is 11.2. The Hall–Kier alpha value is -1.88. The number of amides is 2. The van der Waals surface area contributed by atoms with Crippen LogP contribution < -0.4 is 5.32 Å². The average molecular weight is 246 g/mol. The molecule has 18 heavy (non-hydrogen) atoms. The highest BCUT2D eigenvalue weighted by Gasteiger charge is 2.53. The number of likely N-dealkylation sites (tertiary alicyclic amines) is 1. The topological polar surface area (TPSA) is 69.6 Å². The number of aliphatic hydroxyl groups excluding tert-OH is 1. The monoisotopic (exact) mass is 246 g/mol. The smallest absolute Gasteiger partial charge is 0.235 e. The van der Waals surface area contributed by atoms with Gasteiger partial charge in [0.25, 0.3) is 0 Å². The Morgan fingerprint density at radius 1 is 1.39 bits per heavy atom. The van der Waals surface area contributed by atoms with Crippen LogP contribution in [-0.2, 0) is 15.0 Å². The zero-order valence-electron chi connectivity index (χ0n) is 10.0. The Bertz CT molecular complexity index is 543. The summed E-state index contributed by atoms with van der Waals surface area (Å²) in [4.78, 5) is 25.4. The van der Waals surface area contributed by atoms with Gasteiger partial charge in [0.05, 0.1) is 5.41 Å². The summed E-state index contributed by atoms with van der Waals surface area (Å²) in [6.45, 7) is 0. The number of nitrogens with one attached hydrogen (secondary N) is 1. The number of nitrogens with zero attached hydrogens (tertiary/aromatic N) is 1. The number of anilines is 1. The van der Waals surface area contributed by atoms with Crippen LogP contribution in [0.3, 0.4) is 0 Å². The summed E-state index contributed by atoms with van der Waals surface area (Å²) >= 11 is 0. The Balaban J connectivity index is 2.10. The van der Waals surface area contributed by atoms with Gasteiger partial charge in [0.2, 0.25) is 11.8 Å². The van der Waals surface area contributed by atoms with E-state index in [0.717, 1.165) is 11.3 Å². The minimum Gasteiger partial charge on any atom is -0.373 e. The van der Waals surface area contributed by atoms with Gasteiger partial charge in [-0.3, -0.25) is 9.59 Å². The van der Waals surface area contributed by atoms with Gasteiger partial charge >= 0.3 is 0 Å². The number of carbonyl (C=O) groups is 2. The largest absolute Gasteiger partial charge is 0.373 e. The van der Waals surface area contributed by atoms with Crippen molar-refractivity contribution < 1.29 is 14.7 Å². The molecule has 94 valence electrons. The van der Waals surface area contributed by atoms with Crippen LogP contribution in [0.25, 0.3) is 0 Å². The molecule has 1 aromatic rings. The Labute approximate surface area is 104 Å². The van der Waals surface area contributed by atoms with E-state index in [4.69, 9.17) is 0 Å². The summed E-state index contributed by atoms with van der Waals surface area (Å²) in [5, 5.41) is 12.7. The minimum atomic E-state index is -0.914. The van der Waals surface area contributed by atoms with Crippen LogP contribution in [0.1, 0.15) is 18.4 Å². The van der Waals surface area contributed by atoms with Crippen molar-refractivity contribution >= 4 is 17.5 Å². The lowest BCUT2D eigenvalue weighted by Gasteiger charge is -2.39. The van der Waals surface area contributed by atoms with Crippen LogP contribution in [0.5, 0.6) is 0 Å². The maximum atomic E-state index is 12.2. The maximum absolute atomic E-state index is 12.2. The first-order chi connectivity index (χ1) is 8.54. The highest BCUT2D eigenvalue weighted by molar-refractivity contribution is 6.08. The van der Waals surface area contributed by atoms with Crippen molar-refractivity contribution in [1.82, 2.24) is 4.90 Å². The lowest BCUT2D eigenvalue weighted by Crippen LogP contribution is -2.53. The predicted octanol–water partition coefficient (Wildman–Crippen LogP) is 0.447. The molecule has 1 fully saturated rings. The van der Waals surface area contributed by atoms with Gasteiger partial charge in [-0.2, -0.15) is 0 Å². The molecule has 0 aromatic heterocycles. The van der Waals surface area contributed by atoms with Crippen LogP contribution in [0, 0.1) is 0 Å². The van der Waals surface area contributed by atoms with E-state index in [0.29, 0.717) is 0 Å². The number of para-hydroxylation sites is 1. The Morgan fingerprint density at radius 2 is 2.11 bits per heavy atom. The predicted molar refractivity (Wildman–Crippen MR) is 64.8 cm³/mol. The van der Waals surface area contributed by atoms with Crippen LogP contribution >= 0.6 is 0 Å². The fraction of sp³-hybridized carbons (Fsp3) is 0.385. The second-order valence-electron chi connectivity index (χ2n) is 4.95. The molecule has 3 rings (SSSR count). The molecule has 0 saturated carbocycles. The molecule has 2 aliphatic rings. The molecule has 1 saturated heterocycles. The molecular formula is C13H14N2O3. The number of aliphatic hydroxyl groups is 1. The molecule has 2 heterocycles. The van der Waals surface area contributed by atoms with E-state index in [-0.39, 0.29) is 24.7 Å². The molecule has 1 aromatic carbocycles. The van der Waals surface area contributed by atoms with E-state index in [1.54, 1.807) is 7.05 Å². The van der Waals surface area contributed by atoms with E-state index < -0.39 is 11.6 Å². The van der Waals surface area contributed by atoms with E-state index in [1.807, 2.05) is 24.3 Å². The lowest BCUT2D eigenvalue weighted by atomic mass is 9.73. The fourth-order valence-electron chi connectivity index (χ4n) is 2.82. The van der Waals surface area contributed by atoms with Crippen LogP contribution in [0.15, 0.2) is 24.3 Å². The molecule has 2 amide bonds. The Kier molecular flexibility index (Phi) is 2.22. The molecule has 1 spiro atoms.